The number of benzene rings is 1. The molecule has 0 atom stereocenters. The highest BCUT2D eigenvalue weighted by Gasteiger charge is 2.18. The number of halogens is 2. The molecule has 0 aliphatic carbocycles. The zero-order valence-corrected chi connectivity index (χ0v) is 19.7. The summed E-state index contributed by atoms with van der Waals surface area (Å²) >= 11 is 12.4. The number of hydrogen-bond acceptors (Lipinski definition) is 8. The monoisotopic (exact) mass is 498 g/mol. The van der Waals surface area contributed by atoms with Gasteiger partial charge in [0.05, 0.1) is 17.3 Å². The molecule has 3 heterocycles. The number of carboxylic acid groups (broad SMARTS) is 1. The van der Waals surface area contributed by atoms with Gasteiger partial charge in [-0.15, -0.1) is 0 Å². The highest BCUT2D eigenvalue weighted by Crippen LogP contribution is 2.34. The molecule has 0 aliphatic heterocycles. The standard InChI is InChI=1S/C23H20Cl2N6O3/c1-12-29-21(26-2)20(22(30-12)31-17-4-3-9-27-19(17)23(32)33)28-11-14-6-8-18(34-14)15-10-13(24)5-7-16(15)25/h3-10,28H,11H2,1-2H3,(H,32,33)(H2,26,29,30,31). The van der Waals surface area contributed by atoms with Crippen LogP contribution in [-0.2, 0) is 6.54 Å². The number of anilines is 4. The van der Waals surface area contributed by atoms with Gasteiger partial charge in [0.2, 0.25) is 0 Å². The average Bonchev–Trinajstić information content (AvgIpc) is 3.28. The number of aromatic carboxylic acids is 1. The van der Waals surface area contributed by atoms with Crippen LogP contribution in [0.15, 0.2) is 53.1 Å². The van der Waals surface area contributed by atoms with Gasteiger partial charge in [-0.05, 0) is 49.4 Å². The predicted molar refractivity (Wildman–Crippen MR) is 132 cm³/mol. The lowest BCUT2D eigenvalue weighted by Crippen LogP contribution is -2.12. The predicted octanol–water partition coefficient (Wildman–Crippen LogP) is 5.84. The highest BCUT2D eigenvalue weighted by molar-refractivity contribution is 6.35. The molecule has 9 nitrogen and oxygen atoms in total. The zero-order valence-electron chi connectivity index (χ0n) is 18.2. The van der Waals surface area contributed by atoms with E-state index in [9.17, 15) is 9.90 Å². The summed E-state index contributed by atoms with van der Waals surface area (Å²) in [6, 6.07) is 12.1. The van der Waals surface area contributed by atoms with Crippen molar-refractivity contribution in [3.63, 3.8) is 0 Å². The van der Waals surface area contributed by atoms with E-state index >= 15 is 0 Å². The quantitative estimate of drug-likeness (QED) is 0.237. The molecule has 4 rings (SSSR count). The van der Waals surface area contributed by atoms with Crippen LogP contribution >= 0.6 is 23.2 Å². The van der Waals surface area contributed by atoms with Crippen LogP contribution in [0, 0.1) is 6.92 Å². The molecule has 0 aliphatic rings. The molecule has 11 heteroatoms. The molecule has 0 spiro atoms. The van der Waals surface area contributed by atoms with Gasteiger partial charge < -0.3 is 25.5 Å². The van der Waals surface area contributed by atoms with Gasteiger partial charge in [0.1, 0.15) is 23.0 Å². The van der Waals surface area contributed by atoms with Crippen molar-refractivity contribution in [2.45, 2.75) is 13.5 Å². The molecule has 0 saturated heterocycles. The largest absolute Gasteiger partial charge is 0.476 e. The summed E-state index contributed by atoms with van der Waals surface area (Å²) in [6.07, 6.45) is 1.42. The van der Waals surface area contributed by atoms with Crippen molar-refractivity contribution in [2.75, 3.05) is 23.0 Å². The Bertz CT molecular complexity index is 1360. The lowest BCUT2D eigenvalue weighted by molar-refractivity contribution is 0.0691. The third kappa shape index (κ3) is 5.05. The summed E-state index contributed by atoms with van der Waals surface area (Å²) in [5.74, 6) is 1.47. The smallest absolute Gasteiger partial charge is 0.356 e. The van der Waals surface area contributed by atoms with Crippen molar-refractivity contribution in [3.8, 4) is 11.3 Å². The second kappa shape index (κ2) is 9.98. The van der Waals surface area contributed by atoms with Gasteiger partial charge in [0, 0.05) is 23.8 Å². The van der Waals surface area contributed by atoms with E-state index in [1.54, 1.807) is 44.3 Å². The first-order valence-corrected chi connectivity index (χ1v) is 10.9. The average molecular weight is 499 g/mol. The van der Waals surface area contributed by atoms with Crippen LogP contribution in [0.2, 0.25) is 10.0 Å². The molecule has 174 valence electrons. The molecule has 0 unspecified atom stereocenters. The first-order chi connectivity index (χ1) is 16.4. The summed E-state index contributed by atoms with van der Waals surface area (Å²) in [5.41, 5.74) is 1.40. The van der Waals surface area contributed by atoms with Crippen LogP contribution in [0.1, 0.15) is 22.1 Å². The van der Waals surface area contributed by atoms with Gasteiger partial charge in [0.25, 0.3) is 0 Å². The Labute approximate surface area is 205 Å². The number of furan rings is 1. The van der Waals surface area contributed by atoms with E-state index in [-0.39, 0.29) is 5.69 Å². The van der Waals surface area contributed by atoms with E-state index in [2.05, 4.69) is 30.9 Å². The van der Waals surface area contributed by atoms with Gasteiger partial charge >= 0.3 is 5.97 Å². The molecule has 3 aromatic heterocycles. The van der Waals surface area contributed by atoms with Gasteiger partial charge in [0.15, 0.2) is 17.3 Å². The fraction of sp³-hybridized carbons (Fsp3) is 0.130. The molecular formula is C23H20Cl2N6O3. The van der Waals surface area contributed by atoms with Crippen LogP contribution in [-0.4, -0.2) is 33.1 Å². The van der Waals surface area contributed by atoms with Crippen molar-refractivity contribution < 1.29 is 14.3 Å². The Morgan fingerprint density at radius 1 is 1.12 bits per heavy atom. The molecule has 0 bridgehead atoms. The van der Waals surface area contributed by atoms with E-state index < -0.39 is 5.97 Å². The normalized spacial score (nSPS) is 10.7. The summed E-state index contributed by atoms with van der Waals surface area (Å²) in [4.78, 5) is 24.4. The van der Waals surface area contributed by atoms with E-state index in [1.807, 2.05) is 12.1 Å². The lowest BCUT2D eigenvalue weighted by atomic mass is 10.2. The SMILES string of the molecule is CNc1nc(C)nc(Nc2cccnc2C(=O)O)c1NCc1ccc(-c2cc(Cl)ccc2Cl)o1. The van der Waals surface area contributed by atoms with Crippen LogP contribution in [0.3, 0.4) is 0 Å². The third-order valence-corrected chi connectivity index (χ3v) is 5.38. The van der Waals surface area contributed by atoms with Crippen molar-refractivity contribution in [1.82, 2.24) is 15.0 Å². The number of nitrogens with one attached hydrogen (secondary N) is 3. The van der Waals surface area contributed by atoms with E-state index in [1.165, 1.54) is 6.20 Å². The fourth-order valence-electron chi connectivity index (χ4n) is 3.30. The Hall–Kier alpha value is -3.82. The summed E-state index contributed by atoms with van der Waals surface area (Å²) in [7, 11) is 1.73. The van der Waals surface area contributed by atoms with Gasteiger partial charge in [-0.2, -0.15) is 0 Å². The number of hydrogen-bond donors (Lipinski definition) is 4. The molecule has 4 N–H and O–H groups in total. The van der Waals surface area contributed by atoms with E-state index in [0.717, 1.165) is 0 Å². The molecule has 34 heavy (non-hydrogen) atoms. The topological polar surface area (TPSA) is 125 Å². The maximum Gasteiger partial charge on any atom is 0.356 e. The van der Waals surface area contributed by atoms with Gasteiger partial charge in [-0.3, -0.25) is 0 Å². The maximum atomic E-state index is 11.6. The van der Waals surface area contributed by atoms with E-state index in [4.69, 9.17) is 27.6 Å². The summed E-state index contributed by atoms with van der Waals surface area (Å²) in [5, 5.41) is 19.9. The second-order valence-electron chi connectivity index (χ2n) is 7.17. The van der Waals surface area contributed by atoms with E-state index in [0.29, 0.717) is 62.5 Å². The summed E-state index contributed by atoms with van der Waals surface area (Å²) < 4.78 is 5.96. The molecule has 1 aromatic carbocycles. The number of aromatic nitrogens is 3. The molecule has 0 fully saturated rings. The number of pyridine rings is 1. The lowest BCUT2D eigenvalue weighted by Gasteiger charge is -2.17. The van der Waals surface area contributed by atoms with Gasteiger partial charge in [-0.1, -0.05) is 23.2 Å². The van der Waals surface area contributed by atoms with Crippen molar-refractivity contribution in [3.05, 3.63) is 76.0 Å². The van der Waals surface area contributed by atoms with Crippen molar-refractivity contribution >= 4 is 52.2 Å². The van der Waals surface area contributed by atoms with Crippen LogP contribution in [0.25, 0.3) is 11.3 Å². The number of carbonyl (C=O) groups is 1. The highest BCUT2D eigenvalue weighted by atomic mass is 35.5. The second-order valence-corrected chi connectivity index (χ2v) is 8.01. The maximum absolute atomic E-state index is 11.6. The summed E-state index contributed by atoms with van der Waals surface area (Å²) in [6.45, 7) is 2.04. The molecule has 4 aromatic rings. The van der Waals surface area contributed by atoms with Crippen molar-refractivity contribution in [1.29, 1.82) is 0 Å². The third-order valence-electron chi connectivity index (χ3n) is 4.82. The zero-order chi connectivity index (χ0) is 24.2. The Kier molecular flexibility index (Phi) is 6.85. The minimum absolute atomic E-state index is 0.121. The first-order valence-electron chi connectivity index (χ1n) is 10.2. The number of rotatable bonds is 8. The Morgan fingerprint density at radius 2 is 1.91 bits per heavy atom. The molecule has 0 saturated carbocycles. The molecule has 0 amide bonds. The molecular weight excluding hydrogens is 479 g/mol. The molecule has 0 radical (unpaired) electrons. The minimum atomic E-state index is -1.15. The first kappa shape index (κ1) is 23.3. The van der Waals surface area contributed by atoms with Gasteiger partial charge in [-0.25, -0.2) is 19.7 Å². The van der Waals surface area contributed by atoms with Crippen LogP contribution in [0.5, 0.6) is 0 Å². The fourth-order valence-corrected chi connectivity index (χ4v) is 3.68. The Morgan fingerprint density at radius 3 is 2.68 bits per heavy atom. The van der Waals surface area contributed by atoms with Crippen LogP contribution < -0.4 is 16.0 Å². The number of nitrogens with zero attached hydrogens (tertiary/aromatic N) is 3. The van der Waals surface area contributed by atoms with Crippen molar-refractivity contribution in [2.24, 2.45) is 0 Å². The minimum Gasteiger partial charge on any atom is -0.476 e. The van der Waals surface area contributed by atoms with Crippen LogP contribution in [0.4, 0.5) is 23.0 Å². The Balaban J connectivity index is 1.62. The number of aryl methyl sites for hydroxylation is 1. The number of carboxylic acids is 1.